The van der Waals surface area contributed by atoms with Crippen molar-refractivity contribution < 1.29 is 9.63 Å². The maximum Gasteiger partial charge on any atom is 0.200 e. The van der Waals surface area contributed by atoms with Crippen LogP contribution in [-0.2, 0) is 11.4 Å². The fourth-order valence-electron chi connectivity index (χ4n) is 2.74. The minimum absolute atomic E-state index is 0.000778. The maximum atomic E-state index is 12.8. The number of para-hydroxylation sites is 1. The van der Waals surface area contributed by atoms with Crippen molar-refractivity contribution in [3.63, 3.8) is 0 Å². The Balaban J connectivity index is 2.11. The summed E-state index contributed by atoms with van der Waals surface area (Å²) in [6.45, 7) is 0.444. The van der Waals surface area contributed by atoms with E-state index in [4.69, 9.17) is 4.84 Å². The van der Waals surface area contributed by atoms with Gasteiger partial charge in [-0.15, -0.1) is 0 Å². The van der Waals surface area contributed by atoms with E-state index in [1.54, 1.807) is 25.4 Å². The Morgan fingerprint density at radius 2 is 2.00 bits per heavy atom. The summed E-state index contributed by atoms with van der Waals surface area (Å²) in [5, 5.41) is 1.89. The molecule has 0 saturated heterocycles. The Hall–Kier alpha value is -2.35. The summed E-state index contributed by atoms with van der Waals surface area (Å²) in [6.07, 6.45) is 1.61. The second-order valence-corrected chi connectivity index (χ2v) is 6.67. The lowest BCUT2D eigenvalue weighted by molar-refractivity contribution is -0.100. The van der Waals surface area contributed by atoms with E-state index >= 15 is 0 Å². The van der Waals surface area contributed by atoms with Gasteiger partial charge in [0.25, 0.3) is 0 Å². The first-order valence-corrected chi connectivity index (χ1v) is 8.81. The van der Waals surface area contributed by atoms with E-state index in [1.165, 1.54) is 12.2 Å². The zero-order valence-corrected chi connectivity index (χ0v) is 16.1. The topological polar surface area (TPSA) is 64.4 Å². The van der Waals surface area contributed by atoms with Gasteiger partial charge in [-0.3, -0.25) is 9.59 Å². The molecule has 0 aliphatic carbocycles. The molecule has 0 N–H and O–H groups in total. The molecule has 0 atom stereocenters. The van der Waals surface area contributed by atoms with Crippen LogP contribution in [0.1, 0.15) is 16.1 Å². The van der Waals surface area contributed by atoms with E-state index in [9.17, 15) is 9.59 Å². The van der Waals surface area contributed by atoms with Gasteiger partial charge in [0.05, 0.1) is 37.0 Å². The molecule has 2 heterocycles. The maximum absolute atomic E-state index is 12.8. The van der Waals surface area contributed by atoms with Gasteiger partial charge in [0, 0.05) is 18.6 Å². The van der Waals surface area contributed by atoms with Crippen LogP contribution in [-0.4, -0.2) is 41.1 Å². The summed E-state index contributed by atoms with van der Waals surface area (Å²) in [6, 6.07) is 12.9. The van der Waals surface area contributed by atoms with Gasteiger partial charge in [-0.2, -0.15) is 5.06 Å². The van der Waals surface area contributed by atoms with E-state index in [-0.39, 0.29) is 23.3 Å². The third kappa shape index (κ3) is 3.90. The second-order valence-electron chi connectivity index (χ2n) is 5.86. The third-order valence-corrected chi connectivity index (χ3v) is 4.51. The summed E-state index contributed by atoms with van der Waals surface area (Å²) in [4.78, 5) is 34.8. The number of benzene rings is 1. The van der Waals surface area contributed by atoms with Gasteiger partial charge in [0.2, 0.25) is 0 Å². The fourth-order valence-corrected chi connectivity index (χ4v) is 3.12. The van der Waals surface area contributed by atoms with Crippen molar-refractivity contribution in [2.45, 2.75) is 6.54 Å². The first-order valence-electron chi connectivity index (χ1n) is 8.01. The molecule has 0 fully saturated rings. The van der Waals surface area contributed by atoms with Crippen LogP contribution >= 0.6 is 15.9 Å². The number of fused-ring (bicyclic) bond motifs is 1. The minimum atomic E-state index is -0.291. The molecule has 1 aromatic carbocycles. The average molecular weight is 416 g/mol. The molecule has 7 heteroatoms. The van der Waals surface area contributed by atoms with Crippen LogP contribution in [0.3, 0.4) is 0 Å². The highest BCUT2D eigenvalue weighted by Gasteiger charge is 2.17. The molecule has 134 valence electrons. The smallest absolute Gasteiger partial charge is 0.200 e. The molecule has 2 aromatic heterocycles. The van der Waals surface area contributed by atoms with Crippen molar-refractivity contribution >= 4 is 32.6 Å². The SMILES string of the molecule is CON(C)CC(=O)c1cn(Cc2cccc(Br)n2)c2ccccc2c1=O. The average Bonchev–Trinajstić information content (AvgIpc) is 2.64. The van der Waals surface area contributed by atoms with Crippen molar-refractivity contribution in [1.29, 1.82) is 0 Å². The molecule has 0 saturated carbocycles. The Bertz CT molecular complexity index is 1020. The summed E-state index contributed by atoms with van der Waals surface area (Å²) < 4.78 is 2.62. The van der Waals surface area contributed by atoms with Crippen LogP contribution in [0.2, 0.25) is 0 Å². The second kappa shape index (κ2) is 7.90. The number of halogens is 1. The summed E-state index contributed by atoms with van der Waals surface area (Å²) in [7, 11) is 3.12. The number of hydrogen-bond donors (Lipinski definition) is 0. The Kier molecular flexibility index (Phi) is 5.61. The van der Waals surface area contributed by atoms with E-state index in [0.29, 0.717) is 11.9 Å². The number of hydroxylamine groups is 2. The van der Waals surface area contributed by atoms with Crippen molar-refractivity contribution in [1.82, 2.24) is 14.6 Å². The molecular weight excluding hydrogens is 398 g/mol. The van der Waals surface area contributed by atoms with Gasteiger partial charge in [0.1, 0.15) is 4.60 Å². The normalized spacial score (nSPS) is 11.2. The number of rotatable bonds is 6. The summed E-state index contributed by atoms with van der Waals surface area (Å²) in [5.41, 5.74) is 1.45. The van der Waals surface area contributed by atoms with E-state index in [0.717, 1.165) is 15.8 Å². The Morgan fingerprint density at radius 1 is 1.23 bits per heavy atom. The quantitative estimate of drug-likeness (QED) is 0.351. The van der Waals surface area contributed by atoms with E-state index in [1.807, 2.05) is 34.9 Å². The number of aromatic nitrogens is 2. The van der Waals surface area contributed by atoms with E-state index < -0.39 is 0 Å². The summed E-state index contributed by atoms with van der Waals surface area (Å²) >= 11 is 3.37. The number of carbonyl (C=O) groups is 1. The van der Waals surface area contributed by atoms with Crippen LogP contribution in [0.4, 0.5) is 0 Å². The molecule has 0 unspecified atom stereocenters. The zero-order valence-electron chi connectivity index (χ0n) is 14.5. The molecule has 0 amide bonds. The highest BCUT2D eigenvalue weighted by molar-refractivity contribution is 9.10. The van der Waals surface area contributed by atoms with Gasteiger partial charge >= 0.3 is 0 Å². The van der Waals surface area contributed by atoms with Gasteiger partial charge in [-0.25, -0.2) is 4.98 Å². The lowest BCUT2D eigenvalue weighted by Gasteiger charge is -2.15. The van der Waals surface area contributed by atoms with Gasteiger partial charge in [0.15, 0.2) is 11.2 Å². The number of likely N-dealkylation sites (N-methyl/N-ethyl adjacent to an activating group) is 1. The molecule has 0 bridgehead atoms. The highest BCUT2D eigenvalue weighted by Crippen LogP contribution is 2.15. The van der Waals surface area contributed by atoms with Crippen LogP contribution < -0.4 is 5.43 Å². The molecule has 6 nitrogen and oxygen atoms in total. The predicted octanol–water partition coefficient (Wildman–Crippen LogP) is 2.88. The number of pyridine rings is 2. The van der Waals surface area contributed by atoms with Crippen LogP contribution in [0.15, 0.2) is 58.1 Å². The van der Waals surface area contributed by atoms with Gasteiger partial charge < -0.3 is 9.40 Å². The Morgan fingerprint density at radius 3 is 2.73 bits per heavy atom. The third-order valence-electron chi connectivity index (χ3n) is 4.07. The molecular formula is C19H18BrN3O3. The molecule has 3 aromatic rings. The molecule has 0 spiro atoms. The van der Waals surface area contributed by atoms with Crippen molar-refractivity contribution in [2.24, 2.45) is 0 Å². The first-order chi connectivity index (χ1) is 12.5. The zero-order chi connectivity index (χ0) is 18.7. The largest absolute Gasteiger partial charge is 0.341 e. The van der Waals surface area contributed by atoms with E-state index in [2.05, 4.69) is 20.9 Å². The van der Waals surface area contributed by atoms with Crippen LogP contribution in [0.25, 0.3) is 10.9 Å². The molecule has 0 aliphatic rings. The van der Waals surface area contributed by atoms with Gasteiger partial charge in [-0.1, -0.05) is 18.2 Å². The first kappa shape index (κ1) is 18.4. The molecule has 0 radical (unpaired) electrons. The lowest BCUT2D eigenvalue weighted by Crippen LogP contribution is -2.29. The molecule has 0 aliphatic heterocycles. The standard InChI is InChI=1S/C19H18BrN3O3/c1-22(26-2)12-17(24)15-11-23(10-13-6-5-9-18(20)21-13)16-8-4-3-7-14(16)19(15)25/h3-9,11H,10,12H2,1-2H3. The van der Waals surface area contributed by atoms with Crippen molar-refractivity contribution in [3.8, 4) is 0 Å². The van der Waals surface area contributed by atoms with Gasteiger partial charge in [-0.05, 0) is 40.2 Å². The lowest BCUT2D eigenvalue weighted by atomic mass is 10.1. The number of nitrogens with zero attached hydrogens (tertiary/aromatic N) is 3. The van der Waals surface area contributed by atoms with Crippen molar-refractivity contribution in [2.75, 3.05) is 20.7 Å². The number of Topliss-reactive ketones (excluding diaryl/α,β-unsaturated/α-hetero) is 1. The molecule has 26 heavy (non-hydrogen) atoms. The highest BCUT2D eigenvalue weighted by atomic mass is 79.9. The number of hydrogen-bond acceptors (Lipinski definition) is 5. The fraction of sp³-hybridized carbons (Fsp3) is 0.211. The Labute approximate surface area is 159 Å². The van der Waals surface area contributed by atoms with Crippen LogP contribution in [0.5, 0.6) is 0 Å². The number of carbonyl (C=O) groups excluding carboxylic acids is 1. The predicted molar refractivity (Wildman–Crippen MR) is 103 cm³/mol. The monoisotopic (exact) mass is 415 g/mol. The molecule has 3 rings (SSSR count). The summed E-state index contributed by atoms with van der Waals surface area (Å²) in [5.74, 6) is -0.291. The van der Waals surface area contributed by atoms with Crippen LogP contribution in [0, 0.1) is 0 Å². The minimum Gasteiger partial charge on any atom is -0.341 e. The van der Waals surface area contributed by atoms with Crippen molar-refractivity contribution in [3.05, 3.63) is 74.7 Å². The number of ketones is 1.